The maximum Gasteiger partial charge on any atom is 0.240 e. The number of nitrogens with zero attached hydrogens (tertiary/aromatic N) is 2. The molecule has 0 saturated carbocycles. The number of rotatable bonds is 3. The average Bonchev–Trinajstić information content (AvgIpc) is 2.32. The molecular weight excluding hydrogens is 272 g/mol. The zero-order valence-corrected chi connectivity index (χ0v) is 9.81. The molecule has 0 aliphatic rings. The molecule has 2 aromatic rings. The summed E-state index contributed by atoms with van der Waals surface area (Å²) in [5.74, 6) is 6.64. The molecule has 0 atom stereocenters. The number of ether oxygens (including phenoxy) is 1. The van der Waals surface area contributed by atoms with Crippen molar-refractivity contribution < 1.29 is 4.74 Å². The predicted molar refractivity (Wildman–Crippen MR) is 64.1 cm³/mol. The minimum absolute atomic E-state index is 0.314. The quantitative estimate of drug-likeness (QED) is 0.667. The van der Waals surface area contributed by atoms with E-state index in [0.29, 0.717) is 17.6 Å². The van der Waals surface area contributed by atoms with Crippen LogP contribution in [0, 0.1) is 0 Å². The van der Waals surface area contributed by atoms with Crippen LogP contribution in [0.1, 0.15) is 0 Å². The van der Waals surface area contributed by atoms with Crippen molar-refractivity contribution in [1.29, 1.82) is 0 Å². The van der Waals surface area contributed by atoms with E-state index in [4.69, 9.17) is 10.6 Å². The van der Waals surface area contributed by atoms with Crippen LogP contribution in [0.25, 0.3) is 0 Å². The fourth-order valence-electron chi connectivity index (χ4n) is 1.09. The Hall–Kier alpha value is -1.66. The molecule has 16 heavy (non-hydrogen) atoms. The second-order valence-electron chi connectivity index (χ2n) is 2.92. The van der Waals surface area contributed by atoms with Gasteiger partial charge in [-0.1, -0.05) is 15.9 Å². The summed E-state index contributed by atoms with van der Waals surface area (Å²) in [5, 5.41) is 0. The maximum absolute atomic E-state index is 5.51. The number of hydrazine groups is 1. The van der Waals surface area contributed by atoms with Gasteiger partial charge in [0.1, 0.15) is 5.75 Å². The summed E-state index contributed by atoms with van der Waals surface area (Å²) < 4.78 is 6.50. The van der Waals surface area contributed by atoms with Crippen LogP contribution in [-0.2, 0) is 0 Å². The van der Waals surface area contributed by atoms with Crippen molar-refractivity contribution in [1.82, 2.24) is 9.97 Å². The van der Waals surface area contributed by atoms with Crippen LogP contribution >= 0.6 is 15.9 Å². The Morgan fingerprint density at radius 3 is 2.62 bits per heavy atom. The van der Waals surface area contributed by atoms with E-state index in [0.717, 1.165) is 4.47 Å². The normalized spacial score (nSPS) is 9.88. The number of halogens is 1. The first-order valence-corrected chi connectivity index (χ1v) is 5.30. The average molecular weight is 281 g/mol. The summed E-state index contributed by atoms with van der Waals surface area (Å²) in [7, 11) is 0. The molecule has 0 aliphatic carbocycles. The lowest BCUT2D eigenvalue weighted by molar-refractivity contribution is 0.462. The molecule has 0 unspecified atom stereocenters. The van der Waals surface area contributed by atoms with Crippen molar-refractivity contribution in [3.63, 3.8) is 0 Å². The third-order valence-corrected chi connectivity index (χ3v) is 2.32. The van der Waals surface area contributed by atoms with Crippen molar-refractivity contribution in [3.8, 4) is 11.6 Å². The molecule has 5 nitrogen and oxygen atoms in total. The Bertz CT molecular complexity index is 475. The smallest absolute Gasteiger partial charge is 0.240 e. The molecule has 0 amide bonds. The molecule has 0 saturated heterocycles. The molecule has 0 spiro atoms. The first kappa shape index (κ1) is 10.8. The minimum atomic E-state index is 0.314. The van der Waals surface area contributed by atoms with E-state index in [1.54, 1.807) is 12.3 Å². The van der Waals surface area contributed by atoms with Crippen molar-refractivity contribution in [2.45, 2.75) is 0 Å². The third-order valence-electron chi connectivity index (χ3n) is 1.80. The maximum atomic E-state index is 5.51. The summed E-state index contributed by atoms with van der Waals surface area (Å²) in [5.41, 5.74) is 2.35. The van der Waals surface area contributed by atoms with E-state index in [9.17, 15) is 0 Å². The highest BCUT2D eigenvalue weighted by atomic mass is 79.9. The SMILES string of the molecule is NNc1nccc(Oc2ccc(Br)cc2)n1. The Kier molecular flexibility index (Phi) is 3.33. The molecule has 6 heteroatoms. The van der Waals surface area contributed by atoms with E-state index in [1.807, 2.05) is 24.3 Å². The van der Waals surface area contributed by atoms with Crippen LogP contribution in [0.3, 0.4) is 0 Å². The molecule has 0 aliphatic heterocycles. The van der Waals surface area contributed by atoms with E-state index in [-0.39, 0.29) is 0 Å². The zero-order chi connectivity index (χ0) is 11.4. The second kappa shape index (κ2) is 4.91. The number of anilines is 1. The van der Waals surface area contributed by atoms with Gasteiger partial charge in [-0.2, -0.15) is 4.98 Å². The number of benzene rings is 1. The Labute approximate surface area is 101 Å². The molecule has 1 aromatic heterocycles. The van der Waals surface area contributed by atoms with Gasteiger partial charge in [-0.25, -0.2) is 10.8 Å². The van der Waals surface area contributed by atoms with E-state index in [1.165, 1.54) is 0 Å². The van der Waals surface area contributed by atoms with Gasteiger partial charge in [-0.05, 0) is 24.3 Å². The number of nitrogen functional groups attached to an aromatic ring is 1. The van der Waals surface area contributed by atoms with Crippen LogP contribution in [0.2, 0.25) is 0 Å². The highest BCUT2D eigenvalue weighted by Gasteiger charge is 2.00. The van der Waals surface area contributed by atoms with Gasteiger partial charge in [0.05, 0.1) is 0 Å². The van der Waals surface area contributed by atoms with Gasteiger partial charge < -0.3 is 4.74 Å². The van der Waals surface area contributed by atoms with E-state index >= 15 is 0 Å². The summed E-state index contributed by atoms with van der Waals surface area (Å²) in [4.78, 5) is 7.91. The molecule has 82 valence electrons. The van der Waals surface area contributed by atoms with Crippen molar-refractivity contribution in [3.05, 3.63) is 41.0 Å². The van der Waals surface area contributed by atoms with Crippen molar-refractivity contribution in [2.75, 3.05) is 5.43 Å². The molecule has 2 rings (SSSR count). The summed E-state index contributed by atoms with van der Waals surface area (Å²) in [6.45, 7) is 0. The van der Waals surface area contributed by atoms with Crippen LogP contribution in [-0.4, -0.2) is 9.97 Å². The summed E-state index contributed by atoms with van der Waals surface area (Å²) in [6.07, 6.45) is 1.57. The molecule has 0 bridgehead atoms. The molecule has 0 radical (unpaired) electrons. The number of nitrogens with one attached hydrogen (secondary N) is 1. The summed E-state index contributed by atoms with van der Waals surface area (Å²) >= 11 is 3.35. The lowest BCUT2D eigenvalue weighted by atomic mass is 10.3. The molecule has 3 N–H and O–H groups in total. The first-order valence-electron chi connectivity index (χ1n) is 4.51. The Morgan fingerprint density at radius 1 is 1.19 bits per heavy atom. The van der Waals surface area contributed by atoms with E-state index in [2.05, 4.69) is 31.3 Å². The van der Waals surface area contributed by atoms with Gasteiger partial charge in [0.25, 0.3) is 0 Å². The van der Waals surface area contributed by atoms with Gasteiger partial charge in [0, 0.05) is 16.7 Å². The van der Waals surface area contributed by atoms with Crippen LogP contribution in [0.15, 0.2) is 41.0 Å². The summed E-state index contributed by atoms with van der Waals surface area (Å²) in [6, 6.07) is 9.10. The van der Waals surface area contributed by atoms with Gasteiger partial charge in [-0.15, -0.1) is 0 Å². The number of nitrogens with two attached hydrogens (primary N) is 1. The lowest BCUT2D eigenvalue weighted by Gasteiger charge is -2.05. The van der Waals surface area contributed by atoms with Gasteiger partial charge in [0.15, 0.2) is 0 Å². The molecule has 1 heterocycles. The number of hydrogen-bond donors (Lipinski definition) is 2. The molecule has 1 aromatic carbocycles. The van der Waals surface area contributed by atoms with Crippen molar-refractivity contribution >= 4 is 21.9 Å². The fourth-order valence-corrected chi connectivity index (χ4v) is 1.36. The minimum Gasteiger partial charge on any atom is -0.439 e. The van der Waals surface area contributed by atoms with Crippen molar-refractivity contribution in [2.24, 2.45) is 5.84 Å². The van der Waals surface area contributed by atoms with Gasteiger partial charge in [0.2, 0.25) is 11.8 Å². The molecule has 0 fully saturated rings. The topological polar surface area (TPSA) is 73.1 Å². The second-order valence-corrected chi connectivity index (χ2v) is 3.83. The predicted octanol–water partition coefficient (Wildman–Crippen LogP) is 2.32. The Morgan fingerprint density at radius 2 is 1.94 bits per heavy atom. The fraction of sp³-hybridized carbons (Fsp3) is 0. The number of hydrogen-bond acceptors (Lipinski definition) is 5. The standard InChI is InChI=1S/C10H9BrN4O/c11-7-1-3-8(4-2-7)16-9-5-6-13-10(14-9)15-12/h1-6H,12H2,(H,13,14,15). The number of aromatic nitrogens is 2. The highest BCUT2D eigenvalue weighted by Crippen LogP contribution is 2.21. The first-order chi connectivity index (χ1) is 7.78. The van der Waals surface area contributed by atoms with Gasteiger partial charge in [-0.3, -0.25) is 5.43 Å². The highest BCUT2D eigenvalue weighted by molar-refractivity contribution is 9.10. The third kappa shape index (κ3) is 2.68. The monoisotopic (exact) mass is 280 g/mol. The zero-order valence-electron chi connectivity index (χ0n) is 8.22. The lowest BCUT2D eigenvalue weighted by Crippen LogP contribution is -2.10. The van der Waals surface area contributed by atoms with E-state index < -0.39 is 0 Å². The van der Waals surface area contributed by atoms with Crippen LogP contribution < -0.4 is 16.0 Å². The van der Waals surface area contributed by atoms with Gasteiger partial charge >= 0.3 is 0 Å². The molecular formula is C10H9BrN4O. The Balaban J connectivity index is 2.16. The largest absolute Gasteiger partial charge is 0.439 e. The van der Waals surface area contributed by atoms with Crippen LogP contribution in [0.4, 0.5) is 5.95 Å². The van der Waals surface area contributed by atoms with Crippen LogP contribution in [0.5, 0.6) is 11.6 Å².